The topological polar surface area (TPSA) is 99.5 Å². The molecule has 1 atom stereocenters. The van der Waals surface area contributed by atoms with E-state index in [9.17, 15) is 14.4 Å². The molecule has 1 unspecified atom stereocenters. The summed E-state index contributed by atoms with van der Waals surface area (Å²) >= 11 is 0. The summed E-state index contributed by atoms with van der Waals surface area (Å²) in [6.07, 6.45) is 5.25. The van der Waals surface area contributed by atoms with Crippen LogP contribution in [0.1, 0.15) is 51.0 Å². The molecule has 0 saturated heterocycles. The Kier molecular flexibility index (Phi) is 7.27. The number of nitrogens with zero attached hydrogens (tertiary/aromatic N) is 2. The summed E-state index contributed by atoms with van der Waals surface area (Å²) in [7, 11) is 3.34. The van der Waals surface area contributed by atoms with Crippen LogP contribution in [0.15, 0.2) is 66.9 Å². The van der Waals surface area contributed by atoms with Crippen molar-refractivity contribution in [2.45, 2.75) is 19.8 Å². The van der Waals surface area contributed by atoms with E-state index in [-0.39, 0.29) is 5.92 Å². The van der Waals surface area contributed by atoms with Gasteiger partial charge < -0.3 is 14.0 Å². The Bertz CT molecular complexity index is 1600. The second-order valence-electron chi connectivity index (χ2n) is 9.75. The van der Waals surface area contributed by atoms with E-state index in [4.69, 9.17) is 14.5 Å². The number of allylic oxidation sites excluding steroid dienone is 1. The molecule has 0 fully saturated rings. The molecule has 1 aliphatic carbocycles. The molecule has 5 rings (SSSR count). The van der Waals surface area contributed by atoms with Crippen molar-refractivity contribution in [2.75, 3.05) is 13.7 Å². The number of carbonyl (C=O) groups is 3. The van der Waals surface area contributed by atoms with E-state index in [1.54, 1.807) is 37.1 Å². The number of imide groups is 1. The van der Waals surface area contributed by atoms with Gasteiger partial charge in [0.05, 0.1) is 23.9 Å². The minimum Gasteiger partial charge on any atom is -0.497 e. The third-order valence-corrected chi connectivity index (χ3v) is 6.84. The first-order valence-electron chi connectivity index (χ1n) is 12.7. The van der Waals surface area contributed by atoms with Crippen LogP contribution in [0.3, 0.4) is 0 Å². The largest absolute Gasteiger partial charge is 0.497 e. The molecule has 0 bridgehead atoms. The van der Waals surface area contributed by atoms with Gasteiger partial charge in [0.2, 0.25) is 0 Å². The van der Waals surface area contributed by atoms with E-state index in [1.807, 2.05) is 48.5 Å². The number of benzene rings is 2. The highest BCUT2D eigenvalue weighted by atomic mass is 16.5. The first kappa shape index (κ1) is 25.9. The zero-order chi connectivity index (χ0) is 27.5. The molecule has 4 aromatic rings. The van der Waals surface area contributed by atoms with Gasteiger partial charge in [-0.1, -0.05) is 37.3 Å². The standard InChI is InChI=1S/C31H29N3O5/c1-19-15-21(17-20-10-12-22(38-3)13-11-20)29-24(16-19)28(23-7-4-5-8-25(23)32-29)31(37)39-18-27(35)33-30(36)26-9-6-14-34(26)2/h4-14,17,19H,15-16,18H2,1-3H3,(H,33,35,36)/b21-17+. The molecule has 39 heavy (non-hydrogen) atoms. The van der Waals surface area contributed by atoms with Gasteiger partial charge in [-0.2, -0.15) is 0 Å². The Balaban J connectivity index is 1.45. The summed E-state index contributed by atoms with van der Waals surface area (Å²) in [6.45, 7) is 1.56. The fraction of sp³-hybridized carbons (Fsp3) is 0.226. The van der Waals surface area contributed by atoms with E-state index in [0.717, 1.165) is 34.6 Å². The smallest absolute Gasteiger partial charge is 0.339 e. The van der Waals surface area contributed by atoms with Crippen molar-refractivity contribution < 1.29 is 23.9 Å². The third-order valence-electron chi connectivity index (χ3n) is 6.84. The number of hydrogen-bond donors (Lipinski definition) is 1. The van der Waals surface area contributed by atoms with Crippen LogP contribution in [0.5, 0.6) is 5.75 Å². The van der Waals surface area contributed by atoms with Gasteiger partial charge in [0.25, 0.3) is 11.8 Å². The molecule has 8 nitrogen and oxygen atoms in total. The summed E-state index contributed by atoms with van der Waals surface area (Å²) in [6, 6.07) is 18.5. The highest BCUT2D eigenvalue weighted by molar-refractivity contribution is 6.08. The first-order chi connectivity index (χ1) is 18.8. The molecule has 0 spiro atoms. The number of fused-ring (bicyclic) bond motifs is 2. The second kappa shape index (κ2) is 10.9. The molecule has 8 heteroatoms. The molecule has 2 heterocycles. The Labute approximate surface area is 226 Å². The lowest BCUT2D eigenvalue weighted by Crippen LogP contribution is -2.35. The van der Waals surface area contributed by atoms with Gasteiger partial charge in [-0.25, -0.2) is 9.78 Å². The number of aromatic nitrogens is 2. The predicted octanol–water partition coefficient (Wildman–Crippen LogP) is 4.82. The minimum absolute atomic E-state index is 0.266. The molecule has 2 aromatic heterocycles. The predicted molar refractivity (Wildman–Crippen MR) is 148 cm³/mol. The molecule has 1 N–H and O–H groups in total. The average molecular weight is 524 g/mol. The molecule has 0 radical (unpaired) electrons. The highest BCUT2D eigenvalue weighted by Gasteiger charge is 2.29. The SMILES string of the molecule is COc1ccc(/C=C2\CC(C)Cc3c2nc2ccccc2c3C(=O)OCC(=O)NC(=O)c2cccn2C)cc1. The van der Waals surface area contributed by atoms with Crippen molar-refractivity contribution in [3.8, 4) is 5.75 Å². The normalized spacial score (nSPS) is 15.6. The number of ether oxygens (including phenoxy) is 2. The lowest BCUT2D eigenvalue weighted by molar-refractivity contribution is -0.123. The molecule has 0 saturated carbocycles. The summed E-state index contributed by atoms with van der Waals surface area (Å²) in [5, 5.41) is 2.94. The molecular weight excluding hydrogens is 494 g/mol. The number of hydrogen-bond acceptors (Lipinski definition) is 6. The van der Waals surface area contributed by atoms with Gasteiger partial charge in [0.15, 0.2) is 6.61 Å². The summed E-state index contributed by atoms with van der Waals surface area (Å²) in [4.78, 5) is 43.3. The monoisotopic (exact) mass is 523 g/mol. The molecule has 2 amide bonds. The fourth-order valence-electron chi connectivity index (χ4n) is 5.00. The number of nitrogens with one attached hydrogen (secondary N) is 1. The molecular formula is C31H29N3O5. The van der Waals surface area contributed by atoms with Crippen molar-refractivity contribution >= 4 is 40.3 Å². The lowest BCUT2D eigenvalue weighted by Gasteiger charge is -2.26. The van der Waals surface area contributed by atoms with Gasteiger partial charge in [-0.3, -0.25) is 14.9 Å². The van der Waals surface area contributed by atoms with E-state index in [2.05, 4.69) is 18.3 Å². The van der Waals surface area contributed by atoms with Gasteiger partial charge >= 0.3 is 5.97 Å². The van der Waals surface area contributed by atoms with Gasteiger partial charge in [0, 0.05) is 18.6 Å². The van der Waals surface area contributed by atoms with E-state index in [0.29, 0.717) is 28.6 Å². The second-order valence-corrected chi connectivity index (χ2v) is 9.75. The third kappa shape index (κ3) is 5.45. The van der Waals surface area contributed by atoms with Crippen molar-refractivity contribution in [1.29, 1.82) is 0 Å². The van der Waals surface area contributed by atoms with Crippen LogP contribution < -0.4 is 10.1 Å². The van der Waals surface area contributed by atoms with Crippen LogP contribution in [-0.4, -0.2) is 41.1 Å². The van der Waals surface area contributed by atoms with Gasteiger partial charge in [0.1, 0.15) is 11.4 Å². The Hall–Kier alpha value is -4.72. The average Bonchev–Trinajstić information content (AvgIpc) is 3.37. The number of para-hydroxylation sites is 1. The number of carbonyl (C=O) groups excluding carboxylic acids is 3. The minimum atomic E-state index is -0.699. The number of esters is 1. The quantitative estimate of drug-likeness (QED) is 0.364. The van der Waals surface area contributed by atoms with Gasteiger partial charge in [-0.05, 0) is 71.9 Å². The van der Waals surface area contributed by atoms with E-state index < -0.39 is 24.4 Å². The van der Waals surface area contributed by atoms with Crippen LogP contribution in [0.4, 0.5) is 0 Å². The molecule has 1 aliphatic rings. The van der Waals surface area contributed by atoms with Gasteiger partial charge in [-0.15, -0.1) is 0 Å². The van der Waals surface area contributed by atoms with Crippen LogP contribution >= 0.6 is 0 Å². The molecule has 198 valence electrons. The number of rotatable bonds is 6. The zero-order valence-electron chi connectivity index (χ0n) is 22.1. The number of methoxy groups -OCH3 is 1. The van der Waals surface area contributed by atoms with Crippen LogP contribution in [0.2, 0.25) is 0 Å². The molecule has 2 aromatic carbocycles. The van der Waals surface area contributed by atoms with Crippen LogP contribution in [0.25, 0.3) is 22.6 Å². The Morgan fingerprint density at radius 1 is 1.05 bits per heavy atom. The first-order valence-corrected chi connectivity index (χ1v) is 12.7. The van der Waals surface area contributed by atoms with Crippen molar-refractivity contribution in [3.63, 3.8) is 0 Å². The lowest BCUT2D eigenvalue weighted by atomic mass is 9.80. The highest BCUT2D eigenvalue weighted by Crippen LogP contribution is 2.38. The number of pyridine rings is 1. The summed E-state index contributed by atoms with van der Waals surface area (Å²) < 4.78 is 12.3. The zero-order valence-corrected chi connectivity index (χ0v) is 22.1. The fourth-order valence-corrected chi connectivity index (χ4v) is 5.00. The molecule has 0 aliphatic heterocycles. The van der Waals surface area contributed by atoms with E-state index >= 15 is 0 Å². The van der Waals surface area contributed by atoms with Crippen molar-refractivity contribution in [1.82, 2.24) is 14.9 Å². The number of amides is 2. The Morgan fingerprint density at radius 2 is 1.82 bits per heavy atom. The summed E-state index contributed by atoms with van der Waals surface area (Å²) in [5.74, 6) is -0.835. The van der Waals surface area contributed by atoms with Crippen LogP contribution in [0, 0.1) is 5.92 Å². The van der Waals surface area contributed by atoms with Crippen molar-refractivity contribution in [2.24, 2.45) is 13.0 Å². The van der Waals surface area contributed by atoms with E-state index in [1.165, 1.54) is 0 Å². The maximum Gasteiger partial charge on any atom is 0.339 e. The Morgan fingerprint density at radius 3 is 2.54 bits per heavy atom. The van der Waals surface area contributed by atoms with Crippen LogP contribution in [-0.2, 0) is 23.0 Å². The maximum absolute atomic E-state index is 13.5. The maximum atomic E-state index is 13.5. The summed E-state index contributed by atoms with van der Waals surface area (Å²) in [5.41, 5.74) is 5.00. The van der Waals surface area contributed by atoms with Crippen molar-refractivity contribution in [3.05, 3.63) is 94.9 Å². The number of aryl methyl sites for hydroxylation is 1.